The van der Waals surface area contributed by atoms with Gasteiger partial charge in [0.05, 0.1) is 5.52 Å². The molecule has 0 amide bonds. The summed E-state index contributed by atoms with van der Waals surface area (Å²) in [5.74, 6) is 0. The highest BCUT2D eigenvalue weighted by atomic mass is 14.7. The average Bonchev–Trinajstić information content (AvgIpc) is 2.55. The average molecular weight is 274 g/mol. The molecular formula is C19H18N2. The van der Waals surface area contributed by atoms with Crippen LogP contribution >= 0.6 is 0 Å². The van der Waals surface area contributed by atoms with E-state index in [1.54, 1.807) is 0 Å². The fraction of sp³-hybridized carbons (Fsp3) is 0.105. The van der Waals surface area contributed by atoms with E-state index in [1.807, 2.05) is 42.6 Å². The van der Waals surface area contributed by atoms with Crippen LogP contribution in [0, 0.1) is 0 Å². The van der Waals surface area contributed by atoms with Crippen molar-refractivity contribution in [1.29, 1.82) is 0 Å². The third-order valence-corrected chi connectivity index (χ3v) is 3.69. The smallest absolute Gasteiger partial charge is 0.0702 e. The third kappa shape index (κ3) is 3.01. The molecule has 3 rings (SSSR count). The van der Waals surface area contributed by atoms with Gasteiger partial charge in [-0.05, 0) is 35.3 Å². The minimum absolute atomic E-state index is 0.0369. The molecule has 2 nitrogen and oxygen atoms in total. The summed E-state index contributed by atoms with van der Waals surface area (Å²) in [4.78, 5) is 4.48. The predicted molar refractivity (Wildman–Crippen MR) is 88.8 cm³/mol. The number of hydrogen-bond acceptors (Lipinski definition) is 2. The molecule has 0 spiro atoms. The van der Waals surface area contributed by atoms with Crippen LogP contribution in [0.15, 0.2) is 73.4 Å². The topological polar surface area (TPSA) is 38.9 Å². The zero-order valence-corrected chi connectivity index (χ0v) is 11.9. The number of hydrogen-bond donors (Lipinski definition) is 1. The molecule has 2 aromatic carbocycles. The van der Waals surface area contributed by atoms with Gasteiger partial charge in [-0.25, -0.2) is 0 Å². The summed E-state index contributed by atoms with van der Waals surface area (Å²) in [6.07, 6.45) is 2.60. The normalized spacial score (nSPS) is 12.2. The monoisotopic (exact) mass is 274 g/mol. The van der Waals surface area contributed by atoms with Gasteiger partial charge in [-0.2, -0.15) is 0 Å². The lowest BCUT2D eigenvalue weighted by molar-refractivity contribution is 0.752. The largest absolute Gasteiger partial charge is 0.324 e. The molecule has 3 aromatic rings. The van der Waals surface area contributed by atoms with Crippen LogP contribution in [0.5, 0.6) is 0 Å². The van der Waals surface area contributed by atoms with E-state index in [0.29, 0.717) is 0 Å². The highest BCUT2D eigenvalue weighted by molar-refractivity contribution is 5.82. The van der Waals surface area contributed by atoms with Gasteiger partial charge in [0, 0.05) is 17.6 Å². The Kier molecular flexibility index (Phi) is 3.80. The Labute approximate surface area is 124 Å². The van der Waals surface area contributed by atoms with Crippen LogP contribution in [-0.2, 0) is 0 Å². The first-order chi connectivity index (χ1) is 10.2. The second kappa shape index (κ2) is 5.90. The van der Waals surface area contributed by atoms with Crippen molar-refractivity contribution >= 4 is 16.5 Å². The maximum Gasteiger partial charge on any atom is 0.0702 e. The number of benzene rings is 2. The van der Waals surface area contributed by atoms with E-state index in [4.69, 9.17) is 5.73 Å². The van der Waals surface area contributed by atoms with Gasteiger partial charge in [0.2, 0.25) is 0 Å². The van der Waals surface area contributed by atoms with Crippen LogP contribution in [0.4, 0.5) is 0 Å². The molecule has 0 aliphatic carbocycles. The van der Waals surface area contributed by atoms with Gasteiger partial charge in [-0.3, -0.25) is 4.98 Å². The Bertz CT molecular complexity index is 763. The highest BCUT2D eigenvalue weighted by Crippen LogP contribution is 2.25. The fourth-order valence-corrected chi connectivity index (χ4v) is 2.47. The molecule has 104 valence electrons. The van der Waals surface area contributed by atoms with Gasteiger partial charge in [0.15, 0.2) is 0 Å². The lowest BCUT2D eigenvalue weighted by Gasteiger charge is -2.14. The Hall–Kier alpha value is -2.45. The molecule has 0 saturated carbocycles. The first-order valence-corrected chi connectivity index (χ1v) is 7.07. The van der Waals surface area contributed by atoms with Crippen molar-refractivity contribution < 1.29 is 0 Å². The molecule has 1 heterocycles. The Morgan fingerprint density at radius 2 is 1.76 bits per heavy atom. The van der Waals surface area contributed by atoms with Gasteiger partial charge >= 0.3 is 0 Å². The van der Waals surface area contributed by atoms with Gasteiger partial charge in [-0.1, -0.05) is 55.1 Å². The fourth-order valence-electron chi connectivity index (χ4n) is 2.47. The third-order valence-electron chi connectivity index (χ3n) is 3.69. The summed E-state index contributed by atoms with van der Waals surface area (Å²) >= 11 is 0. The maximum atomic E-state index is 6.26. The van der Waals surface area contributed by atoms with E-state index < -0.39 is 0 Å². The van der Waals surface area contributed by atoms with E-state index in [-0.39, 0.29) is 6.04 Å². The minimum atomic E-state index is -0.0369. The molecule has 0 aliphatic heterocycles. The molecule has 1 unspecified atom stereocenters. The summed E-state index contributed by atoms with van der Waals surface area (Å²) in [6.45, 7) is 4.18. The van der Waals surface area contributed by atoms with Crippen LogP contribution in [-0.4, -0.2) is 4.98 Å². The van der Waals surface area contributed by atoms with Crippen LogP contribution in [0.3, 0.4) is 0 Å². The van der Waals surface area contributed by atoms with Crippen molar-refractivity contribution in [1.82, 2.24) is 4.98 Å². The zero-order chi connectivity index (χ0) is 14.7. The maximum absolute atomic E-state index is 6.26. The second-order valence-corrected chi connectivity index (χ2v) is 5.24. The summed E-state index contributed by atoms with van der Waals surface area (Å²) in [7, 11) is 0. The predicted octanol–water partition coefficient (Wildman–Crippen LogP) is 4.34. The first kappa shape index (κ1) is 13.5. The molecule has 0 saturated heterocycles. The minimum Gasteiger partial charge on any atom is -0.324 e. The molecule has 0 aliphatic rings. The van der Waals surface area contributed by atoms with E-state index >= 15 is 0 Å². The molecule has 2 heteroatoms. The molecule has 0 bridgehead atoms. The summed E-state index contributed by atoms with van der Waals surface area (Å²) in [6, 6.07) is 20.3. The van der Waals surface area contributed by atoms with Crippen LogP contribution in [0.2, 0.25) is 0 Å². The molecule has 1 atom stereocenters. The molecular weight excluding hydrogens is 256 g/mol. The van der Waals surface area contributed by atoms with Crippen molar-refractivity contribution in [3.8, 4) is 0 Å². The van der Waals surface area contributed by atoms with Crippen molar-refractivity contribution in [3.63, 3.8) is 0 Å². The highest BCUT2D eigenvalue weighted by Gasteiger charge is 2.09. The molecule has 0 radical (unpaired) electrons. The van der Waals surface area contributed by atoms with E-state index in [2.05, 4.69) is 35.8 Å². The number of rotatable bonds is 4. The Morgan fingerprint density at radius 3 is 2.57 bits per heavy atom. The number of fused-ring (bicyclic) bond motifs is 1. The number of nitrogens with two attached hydrogens (primary N) is 1. The summed E-state index contributed by atoms with van der Waals surface area (Å²) in [5, 5.41) is 1.13. The van der Waals surface area contributed by atoms with Crippen LogP contribution in [0.25, 0.3) is 16.5 Å². The van der Waals surface area contributed by atoms with Crippen molar-refractivity contribution in [2.24, 2.45) is 5.73 Å². The number of aromatic nitrogens is 1. The van der Waals surface area contributed by atoms with E-state index in [0.717, 1.165) is 34.0 Å². The lowest BCUT2D eigenvalue weighted by Crippen LogP contribution is -2.10. The van der Waals surface area contributed by atoms with Crippen LogP contribution in [0.1, 0.15) is 23.6 Å². The van der Waals surface area contributed by atoms with Crippen molar-refractivity contribution in [2.45, 2.75) is 12.5 Å². The standard InChI is InChI=1S/C19H18N2/c1-14(11-18(20)15-7-3-2-4-8-15)17-12-16-9-5-6-10-19(16)21-13-17/h2-10,12-13,18H,1,11,20H2. The number of pyridine rings is 1. The number of para-hydroxylation sites is 1. The zero-order valence-electron chi connectivity index (χ0n) is 11.9. The van der Waals surface area contributed by atoms with E-state index in [1.165, 1.54) is 0 Å². The summed E-state index contributed by atoms with van der Waals surface area (Å²) in [5.41, 5.74) is 10.5. The Morgan fingerprint density at radius 1 is 1.05 bits per heavy atom. The molecule has 21 heavy (non-hydrogen) atoms. The molecule has 0 fully saturated rings. The van der Waals surface area contributed by atoms with Gasteiger partial charge < -0.3 is 5.73 Å². The summed E-state index contributed by atoms with van der Waals surface area (Å²) < 4.78 is 0. The van der Waals surface area contributed by atoms with Gasteiger partial charge in [-0.15, -0.1) is 0 Å². The molecule has 2 N–H and O–H groups in total. The molecule has 1 aromatic heterocycles. The SMILES string of the molecule is C=C(CC(N)c1ccccc1)c1cnc2ccccc2c1. The van der Waals surface area contributed by atoms with Gasteiger partial charge in [0.25, 0.3) is 0 Å². The second-order valence-electron chi connectivity index (χ2n) is 5.24. The van der Waals surface area contributed by atoms with Crippen LogP contribution < -0.4 is 5.73 Å². The number of nitrogens with zero attached hydrogens (tertiary/aromatic N) is 1. The Balaban J connectivity index is 1.80. The van der Waals surface area contributed by atoms with Crippen molar-refractivity contribution in [3.05, 3.63) is 84.6 Å². The lowest BCUT2D eigenvalue weighted by atomic mass is 9.96. The van der Waals surface area contributed by atoms with E-state index in [9.17, 15) is 0 Å². The van der Waals surface area contributed by atoms with Gasteiger partial charge in [0.1, 0.15) is 0 Å². The van der Waals surface area contributed by atoms with Crippen molar-refractivity contribution in [2.75, 3.05) is 0 Å². The quantitative estimate of drug-likeness (QED) is 0.768. The first-order valence-electron chi connectivity index (χ1n) is 7.07.